The third-order valence-corrected chi connectivity index (χ3v) is 4.83. The summed E-state index contributed by atoms with van der Waals surface area (Å²) >= 11 is 2.07. The van der Waals surface area contributed by atoms with Crippen LogP contribution in [0.5, 0.6) is 0 Å². The van der Waals surface area contributed by atoms with Gasteiger partial charge in [-0.1, -0.05) is 6.07 Å². The highest BCUT2D eigenvalue weighted by molar-refractivity contribution is 7.99. The molecule has 2 aromatic rings. The average molecular weight is 273 g/mol. The maximum Gasteiger partial charge on any atom is 0.0630 e. The molecule has 0 amide bonds. The number of pyridine rings is 1. The number of nitrogens with zero attached hydrogens (tertiary/aromatic N) is 1. The summed E-state index contributed by atoms with van der Waals surface area (Å²) in [7, 11) is 0. The number of nitrogens with one attached hydrogen (secondary N) is 1. The molecule has 2 heterocycles. The molecule has 0 spiro atoms. The summed E-state index contributed by atoms with van der Waals surface area (Å²) in [6.07, 6.45) is 6.28. The van der Waals surface area contributed by atoms with Gasteiger partial charge in [0.2, 0.25) is 0 Å². The van der Waals surface area contributed by atoms with Crippen molar-refractivity contribution in [3.63, 3.8) is 0 Å². The molecule has 1 aliphatic rings. The lowest BCUT2D eigenvalue weighted by atomic mass is 10.0. The van der Waals surface area contributed by atoms with Gasteiger partial charge in [-0.3, -0.25) is 4.98 Å². The summed E-state index contributed by atoms with van der Waals surface area (Å²) in [6, 6.07) is 6.13. The van der Waals surface area contributed by atoms with Gasteiger partial charge in [0, 0.05) is 29.7 Å². The molecule has 3 N–H and O–H groups in total. The molecule has 3 rings (SSSR count). The predicted molar refractivity (Wildman–Crippen MR) is 84.7 cm³/mol. The Bertz CT molecular complexity index is 564. The van der Waals surface area contributed by atoms with Gasteiger partial charge in [0.15, 0.2) is 0 Å². The average Bonchev–Trinajstić information content (AvgIpc) is 2.48. The van der Waals surface area contributed by atoms with Crippen LogP contribution in [0.3, 0.4) is 0 Å². The lowest BCUT2D eigenvalue weighted by Crippen LogP contribution is -2.19. The Morgan fingerprint density at radius 1 is 1.26 bits per heavy atom. The van der Waals surface area contributed by atoms with Crippen LogP contribution in [-0.2, 0) is 0 Å². The molecule has 0 bridgehead atoms. The monoisotopic (exact) mass is 273 g/mol. The second kappa shape index (κ2) is 5.70. The van der Waals surface area contributed by atoms with Crippen molar-refractivity contribution in [2.75, 3.05) is 29.1 Å². The van der Waals surface area contributed by atoms with E-state index >= 15 is 0 Å². The number of hydrogen-bond acceptors (Lipinski definition) is 4. The first-order valence-electron chi connectivity index (χ1n) is 6.78. The van der Waals surface area contributed by atoms with Crippen LogP contribution in [0.2, 0.25) is 0 Å². The first-order valence-corrected chi connectivity index (χ1v) is 7.94. The molecule has 0 atom stereocenters. The quantitative estimate of drug-likeness (QED) is 0.842. The van der Waals surface area contributed by atoms with Crippen LogP contribution in [-0.4, -0.2) is 23.0 Å². The molecule has 1 aromatic heterocycles. The minimum Gasteiger partial charge on any atom is -0.397 e. The Balaban J connectivity index is 1.75. The van der Waals surface area contributed by atoms with Crippen molar-refractivity contribution in [2.24, 2.45) is 5.92 Å². The number of rotatable bonds is 3. The van der Waals surface area contributed by atoms with Crippen LogP contribution in [0.15, 0.2) is 30.6 Å². The van der Waals surface area contributed by atoms with E-state index in [-0.39, 0.29) is 0 Å². The van der Waals surface area contributed by atoms with Crippen LogP contribution in [0.4, 0.5) is 11.4 Å². The largest absolute Gasteiger partial charge is 0.397 e. The van der Waals surface area contributed by atoms with Crippen LogP contribution in [0.1, 0.15) is 12.8 Å². The van der Waals surface area contributed by atoms with Gasteiger partial charge in [-0.25, -0.2) is 0 Å². The normalized spacial score (nSPS) is 16.6. The topological polar surface area (TPSA) is 50.9 Å². The molecule has 1 aromatic carbocycles. The smallest absolute Gasteiger partial charge is 0.0630 e. The number of anilines is 2. The second-order valence-corrected chi connectivity index (χ2v) is 6.29. The zero-order valence-electron chi connectivity index (χ0n) is 10.9. The fourth-order valence-corrected chi connectivity index (χ4v) is 3.76. The Morgan fingerprint density at radius 2 is 2.11 bits per heavy atom. The molecule has 100 valence electrons. The molecule has 0 saturated carbocycles. The summed E-state index contributed by atoms with van der Waals surface area (Å²) in [6.45, 7) is 1.03. The lowest BCUT2D eigenvalue weighted by molar-refractivity contribution is 0.516. The zero-order chi connectivity index (χ0) is 13.1. The fourth-order valence-electron chi connectivity index (χ4n) is 2.55. The molecule has 3 nitrogen and oxygen atoms in total. The van der Waals surface area contributed by atoms with E-state index in [0.717, 1.165) is 34.6 Å². The number of thioether (sulfide) groups is 1. The fraction of sp³-hybridized carbons (Fsp3) is 0.400. The van der Waals surface area contributed by atoms with Crippen molar-refractivity contribution in [1.82, 2.24) is 4.98 Å². The van der Waals surface area contributed by atoms with E-state index in [1.165, 1.54) is 24.3 Å². The maximum absolute atomic E-state index is 6.24. The Hall–Kier alpha value is -1.42. The minimum atomic E-state index is 0.786. The number of hydrogen-bond donors (Lipinski definition) is 2. The first-order chi connectivity index (χ1) is 9.34. The molecule has 4 heteroatoms. The molecular weight excluding hydrogens is 254 g/mol. The van der Waals surface area contributed by atoms with Gasteiger partial charge in [0.1, 0.15) is 0 Å². The first kappa shape index (κ1) is 12.6. The van der Waals surface area contributed by atoms with Gasteiger partial charge in [-0.05, 0) is 42.4 Å². The Labute approximate surface area is 118 Å². The predicted octanol–water partition coefficient (Wildman–Crippen LogP) is 3.37. The third-order valence-electron chi connectivity index (χ3n) is 3.78. The summed E-state index contributed by atoms with van der Waals surface area (Å²) < 4.78 is 0. The highest BCUT2D eigenvalue weighted by atomic mass is 32.2. The van der Waals surface area contributed by atoms with Gasteiger partial charge < -0.3 is 11.1 Å². The van der Waals surface area contributed by atoms with Gasteiger partial charge in [-0.15, -0.1) is 0 Å². The van der Waals surface area contributed by atoms with Crippen LogP contribution in [0.25, 0.3) is 10.8 Å². The van der Waals surface area contributed by atoms with Crippen molar-refractivity contribution in [2.45, 2.75) is 12.8 Å². The van der Waals surface area contributed by atoms with Crippen molar-refractivity contribution < 1.29 is 0 Å². The Morgan fingerprint density at radius 3 is 2.95 bits per heavy atom. The molecule has 0 unspecified atom stereocenters. The van der Waals surface area contributed by atoms with Crippen molar-refractivity contribution in [3.8, 4) is 0 Å². The maximum atomic E-state index is 6.24. The Kier molecular flexibility index (Phi) is 3.78. The number of nitrogen functional groups attached to an aromatic ring is 1. The zero-order valence-corrected chi connectivity index (χ0v) is 11.7. The van der Waals surface area contributed by atoms with Crippen LogP contribution < -0.4 is 11.1 Å². The summed E-state index contributed by atoms with van der Waals surface area (Å²) in [4.78, 5) is 4.12. The summed E-state index contributed by atoms with van der Waals surface area (Å²) in [5, 5.41) is 5.70. The van der Waals surface area contributed by atoms with Crippen LogP contribution >= 0.6 is 11.8 Å². The molecule has 1 aliphatic heterocycles. The van der Waals surface area contributed by atoms with Gasteiger partial charge in [0.25, 0.3) is 0 Å². The standard InChI is InChI=1S/C15H19N3S/c16-15-13-3-6-17-10-12(13)1-2-14(15)18-9-11-4-7-19-8-5-11/h1-3,6,10-11,18H,4-5,7-9,16H2. The highest BCUT2D eigenvalue weighted by Gasteiger charge is 2.14. The van der Waals surface area contributed by atoms with Crippen LogP contribution in [0, 0.1) is 5.92 Å². The van der Waals surface area contributed by atoms with E-state index in [4.69, 9.17) is 5.73 Å². The van der Waals surface area contributed by atoms with E-state index in [1.54, 1.807) is 6.20 Å². The minimum absolute atomic E-state index is 0.786. The summed E-state index contributed by atoms with van der Waals surface area (Å²) in [5.41, 5.74) is 8.13. The van der Waals surface area contributed by atoms with Crippen molar-refractivity contribution >= 4 is 33.9 Å². The number of fused-ring (bicyclic) bond motifs is 1. The van der Waals surface area contributed by atoms with E-state index in [9.17, 15) is 0 Å². The second-order valence-electron chi connectivity index (χ2n) is 5.06. The molecule has 1 fully saturated rings. The van der Waals surface area contributed by atoms with E-state index in [0.29, 0.717) is 0 Å². The molecule has 1 saturated heterocycles. The third kappa shape index (κ3) is 2.78. The highest BCUT2D eigenvalue weighted by Crippen LogP contribution is 2.29. The van der Waals surface area contributed by atoms with E-state index in [1.807, 2.05) is 12.3 Å². The number of aromatic nitrogens is 1. The molecule has 0 radical (unpaired) electrons. The molecular formula is C15H19N3S. The van der Waals surface area contributed by atoms with Crippen molar-refractivity contribution in [1.29, 1.82) is 0 Å². The van der Waals surface area contributed by atoms with Gasteiger partial charge in [-0.2, -0.15) is 11.8 Å². The molecule has 0 aliphatic carbocycles. The van der Waals surface area contributed by atoms with Gasteiger partial charge in [0.05, 0.1) is 11.4 Å². The SMILES string of the molecule is Nc1c(NCC2CCSCC2)ccc2cnccc12. The number of benzene rings is 1. The molecule has 19 heavy (non-hydrogen) atoms. The van der Waals surface area contributed by atoms with E-state index < -0.39 is 0 Å². The lowest BCUT2D eigenvalue weighted by Gasteiger charge is -2.22. The van der Waals surface area contributed by atoms with Gasteiger partial charge >= 0.3 is 0 Å². The van der Waals surface area contributed by atoms with E-state index in [2.05, 4.69) is 34.2 Å². The summed E-state index contributed by atoms with van der Waals surface area (Å²) in [5.74, 6) is 3.38. The number of nitrogens with two attached hydrogens (primary N) is 1. The van der Waals surface area contributed by atoms with Crippen molar-refractivity contribution in [3.05, 3.63) is 30.6 Å².